The number of aromatic nitrogens is 2. The van der Waals surface area contributed by atoms with Gasteiger partial charge in [0, 0.05) is 18.7 Å². The Morgan fingerprint density at radius 3 is 2.38 bits per heavy atom. The van der Waals surface area contributed by atoms with E-state index >= 15 is 0 Å². The number of halogens is 3. The van der Waals surface area contributed by atoms with Gasteiger partial charge < -0.3 is 5.73 Å². The van der Waals surface area contributed by atoms with E-state index in [4.69, 9.17) is 5.73 Å². The van der Waals surface area contributed by atoms with Gasteiger partial charge in [0.1, 0.15) is 5.69 Å². The molecule has 1 aromatic heterocycles. The maximum Gasteiger partial charge on any atom is 0.433 e. The van der Waals surface area contributed by atoms with Crippen LogP contribution < -0.4 is 5.73 Å². The number of alkyl halides is 3. The van der Waals surface area contributed by atoms with Crippen LogP contribution in [0.4, 0.5) is 13.2 Å². The quantitative estimate of drug-likeness (QED) is 0.733. The van der Waals surface area contributed by atoms with Crippen LogP contribution in [0.3, 0.4) is 0 Å². The third-order valence-electron chi connectivity index (χ3n) is 1.73. The van der Waals surface area contributed by atoms with E-state index < -0.39 is 17.9 Å². The minimum Gasteiger partial charge on any atom is -0.324 e. The fourth-order valence-electron chi connectivity index (χ4n) is 1.13. The van der Waals surface area contributed by atoms with Crippen molar-refractivity contribution in [3.05, 3.63) is 17.5 Å². The summed E-state index contributed by atoms with van der Waals surface area (Å²) in [6.07, 6.45) is -3.25. The molecular formula is C7H10F3N3. The Labute approximate surface area is 73.3 Å². The molecule has 1 rings (SSSR count). The Morgan fingerprint density at radius 1 is 1.54 bits per heavy atom. The van der Waals surface area contributed by atoms with Gasteiger partial charge in [-0.15, -0.1) is 0 Å². The third kappa shape index (κ3) is 1.82. The second-order valence-corrected chi connectivity index (χ2v) is 2.86. The first-order valence-electron chi connectivity index (χ1n) is 3.68. The Bertz CT molecular complexity index is 300. The van der Waals surface area contributed by atoms with Crippen molar-refractivity contribution >= 4 is 0 Å². The van der Waals surface area contributed by atoms with Gasteiger partial charge in [-0.1, -0.05) is 0 Å². The summed E-state index contributed by atoms with van der Waals surface area (Å²) in [4.78, 5) is 0. The van der Waals surface area contributed by atoms with E-state index in [2.05, 4.69) is 5.10 Å². The number of nitrogens with two attached hydrogens (primary N) is 1. The van der Waals surface area contributed by atoms with Crippen molar-refractivity contribution in [2.75, 3.05) is 0 Å². The number of aryl methyl sites for hydroxylation is 1. The molecule has 0 radical (unpaired) electrons. The van der Waals surface area contributed by atoms with E-state index in [1.165, 1.54) is 14.0 Å². The summed E-state index contributed by atoms with van der Waals surface area (Å²) in [5.74, 6) is 0. The summed E-state index contributed by atoms with van der Waals surface area (Å²) >= 11 is 0. The molecule has 2 N–H and O–H groups in total. The van der Waals surface area contributed by atoms with E-state index in [1.807, 2.05) is 0 Å². The third-order valence-corrected chi connectivity index (χ3v) is 1.73. The average Bonchev–Trinajstić information content (AvgIpc) is 2.28. The average molecular weight is 193 g/mol. The topological polar surface area (TPSA) is 43.8 Å². The van der Waals surface area contributed by atoms with Crippen LogP contribution in [0.15, 0.2) is 6.20 Å². The Kier molecular flexibility index (Phi) is 2.34. The van der Waals surface area contributed by atoms with Gasteiger partial charge in [0.05, 0.1) is 6.20 Å². The van der Waals surface area contributed by atoms with Crippen molar-refractivity contribution in [3.63, 3.8) is 0 Å². The molecule has 0 spiro atoms. The standard InChI is InChI=1S/C7H10F3N3/c1-4(11)5-3-12-13(2)6(5)7(8,9)10/h3-4H,11H2,1-2H3/t4-/m0/s1. The molecule has 1 heterocycles. The molecular weight excluding hydrogens is 183 g/mol. The Balaban J connectivity index is 3.25. The van der Waals surface area contributed by atoms with Crippen molar-refractivity contribution in [1.82, 2.24) is 9.78 Å². The molecule has 13 heavy (non-hydrogen) atoms. The summed E-state index contributed by atoms with van der Waals surface area (Å²) in [5, 5.41) is 3.52. The van der Waals surface area contributed by atoms with Crippen LogP contribution in [0.25, 0.3) is 0 Å². The number of nitrogens with zero attached hydrogens (tertiary/aromatic N) is 2. The molecule has 0 fully saturated rings. The fourth-order valence-corrected chi connectivity index (χ4v) is 1.13. The van der Waals surface area contributed by atoms with Crippen molar-refractivity contribution in [3.8, 4) is 0 Å². The van der Waals surface area contributed by atoms with Gasteiger partial charge in [-0.2, -0.15) is 18.3 Å². The normalized spacial score (nSPS) is 14.6. The predicted octanol–water partition coefficient (Wildman–Crippen LogP) is 1.46. The van der Waals surface area contributed by atoms with Crippen molar-refractivity contribution < 1.29 is 13.2 Å². The second-order valence-electron chi connectivity index (χ2n) is 2.86. The highest BCUT2D eigenvalue weighted by Crippen LogP contribution is 2.33. The lowest BCUT2D eigenvalue weighted by Gasteiger charge is -2.11. The van der Waals surface area contributed by atoms with Gasteiger partial charge in [-0.05, 0) is 6.92 Å². The molecule has 0 bridgehead atoms. The van der Waals surface area contributed by atoms with E-state index in [0.29, 0.717) is 0 Å². The van der Waals surface area contributed by atoms with Crippen molar-refractivity contribution in [2.45, 2.75) is 19.1 Å². The molecule has 0 unspecified atom stereocenters. The lowest BCUT2D eigenvalue weighted by Crippen LogP contribution is -2.17. The smallest absolute Gasteiger partial charge is 0.324 e. The number of rotatable bonds is 1. The zero-order valence-corrected chi connectivity index (χ0v) is 7.26. The van der Waals surface area contributed by atoms with Gasteiger partial charge >= 0.3 is 6.18 Å². The van der Waals surface area contributed by atoms with E-state index in [-0.39, 0.29) is 5.56 Å². The van der Waals surface area contributed by atoms with Gasteiger partial charge in [-0.3, -0.25) is 4.68 Å². The van der Waals surface area contributed by atoms with Crippen LogP contribution in [0.5, 0.6) is 0 Å². The summed E-state index contributed by atoms with van der Waals surface area (Å²) in [5.41, 5.74) is 4.62. The molecule has 0 aromatic carbocycles. The molecule has 6 heteroatoms. The monoisotopic (exact) mass is 193 g/mol. The van der Waals surface area contributed by atoms with E-state index in [0.717, 1.165) is 10.9 Å². The lowest BCUT2D eigenvalue weighted by molar-refractivity contribution is -0.144. The molecule has 0 saturated carbocycles. The first-order chi connectivity index (χ1) is 5.84. The maximum absolute atomic E-state index is 12.4. The fraction of sp³-hybridized carbons (Fsp3) is 0.571. The van der Waals surface area contributed by atoms with Gasteiger partial charge in [0.2, 0.25) is 0 Å². The molecule has 3 nitrogen and oxygen atoms in total. The first-order valence-corrected chi connectivity index (χ1v) is 3.68. The minimum atomic E-state index is -4.39. The summed E-state index contributed by atoms with van der Waals surface area (Å²) in [7, 11) is 1.24. The second kappa shape index (κ2) is 3.02. The zero-order valence-electron chi connectivity index (χ0n) is 7.26. The first kappa shape index (κ1) is 10.0. The van der Waals surface area contributed by atoms with Crippen LogP contribution >= 0.6 is 0 Å². The SMILES string of the molecule is C[C@H](N)c1cnn(C)c1C(F)(F)F. The highest BCUT2D eigenvalue weighted by molar-refractivity contribution is 5.23. The van der Waals surface area contributed by atoms with Gasteiger partial charge in [0.25, 0.3) is 0 Å². The molecule has 0 amide bonds. The Hall–Kier alpha value is -1.04. The number of hydrogen-bond donors (Lipinski definition) is 1. The maximum atomic E-state index is 12.4. The van der Waals surface area contributed by atoms with Crippen LogP contribution in [-0.2, 0) is 13.2 Å². The highest BCUT2D eigenvalue weighted by atomic mass is 19.4. The van der Waals surface area contributed by atoms with Crippen molar-refractivity contribution in [2.24, 2.45) is 12.8 Å². The molecule has 0 aliphatic heterocycles. The van der Waals surface area contributed by atoms with Crippen LogP contribution in [-0.4, -0.2) is 9.78 Å². The Morgan fingerprint density at radius 2 is 2.08 bits per heavy atom. The van der Waals surface area contributed by atoms with Crippen LogP contribution in [0.1, 0.15) is 24.2 Å². The highest BCUT2D eigenvalue weighted by Gasteiger charge is 2.37. The molecule has 1 atom stereocenters. The predicted molar refractivity (Wildman–Crippen MR) is 40.8 cm³/mol. The summed E-state index contributed by atoms with van der Waals surface area (Å²) < 4.78 is 37.9. The van der Waals surface area contributed by atoms with Gasteiger partial charge in [0.15, 0.2) is 0 Å². The minimum absolute atomic E-state index is 0.0231. The summed E-state index contributed by atoms with van der Waals surface area (Å²) in [6.45, 7) is 1.49. The van der Waals surface area contributed by atoms with Crippen molar-refractivity contribution in [1.29, 1.82) is 0 Å². The molecule has 0 aliphatic carbocycles. The lowest BCUT2D eigenvalue weighted by atomic mass is 10.1. The van der Waals surface area contributed by atoms with Gasteiger partial charge in [-0.25, -0.2) is 0 Å². The van der Waals surface area contributed by atoms with Crippen LogP contribution in [0.2, 0.25) is 0 Å². The molecule has 74 valence electrons. The molecule has 0 saturated heterocycles. The van der Waals surface area contributed by atoms with E-state index in [9.17, 15) is 13.2 Å². The zero-order chi connectivity index (χ0) is 10.2. The van der Waals surface area contributed by atoms with E-state index in [1.54, 1.807) is 0 Å². The molecule has 1 aromatic rings. The van der Waals surface area contributed by atoms with Crippen LogP contribution in [0, 0.1) is 0 Å². The molecule has 0 aliphatic rings. The number of hydrogen-bond acceptors (Lipinski definition) is 2. The summed E-state index contributed by atoms with van der Waals surface area (Å²) in [6, 6.07) is -0.662. The largest absolute Gasteiger partial charge is 0.433 e.